The summed E-state index contributed by atoms with van der Waals surface area (Å²) in [5, 5.41) is 0.823. The van der Waals surface area contributed by atoms with Gasteiger partial charge in [-0.15, -0.1) is 0 Å². The molecule has 0 bridgehead atoms. The number of ether oxygens (including phenoxy) is 1. The summed E-state index contributed by atoms with van der Waals surface area (Å²) in [5.41, 5.74) is 0.956. The van der Waals surface area contributed by atoms with Gasteiger partial charge in [-0.1, -0.05) is 45.7 Å². The van der Waals surface area contributed by atoms with Gasteiger partial charge in [-0.25, -0.2) is 0 Å². The summed E-state index contributed by atoms with van der Waals surface area (Å²) in [7, 11) is 6.29. The number of likely N-dealkylation sites (N-methyl/N-ethyl adjacent to an activating group) is 1. The minimum atomic E-state index is -4.02. The molecule has 0 aliphatic carbocycles. The molecule has 9 heteroatoms. The Balaban J connectivity index is 0.000000326. The van der Waals surface area contributed by atoms with Crippen LogP contribution in [0.25, 0.3) is 0 Å². The third-order valence-electron chi connectivity index (χ3n) is 4.23. The van der Waals surface area contributed by atoms with E-state index in [0.29, 0.717) is 13.0 Å². The number of unbranched alkanes of at least 4 members (excludes halogenated alkanes) is 1. The van der Waals surface area contributed by atoms with Crippen LogP contribution in [-0.4, -0.2) is 68.7 Å². The van der Waals surface area contributed by atoms with Crippen molar-refractivity contribution in [1.82, 2.24) is 0 Å². The zero-order valence-electron chi connectivity index (χ0n) is 17.8. The lowest BCUT2D eigenvalue weighted by Gasteiger charge is -2.23. The first-order valence-electron chi connectivity index (χ1n) is 9.76. The van der Waals surface area contributed by atoms with E-state index in [1.807, 2.05) is 28.5 Å². The van der Waals surface area contributed by atoms with Gasteiger partial charge in [-0.05, 0) is 38.3 Å². The summed E-state index contributed by atoms with van der Waals surface area (Å²) in [5.74, 6) is 1.26. The lowest BCUT2D eigenvalue weighted by molar-refractivity contribution is -0.870. The number of benzene rings is 1. The van der Waals surface area contributed by atoms with Crippen LogP contribution >= 0.6 is 21.6 Å². The third kappa shape index (κ3) is 13.2. The minimum Gasteiger partial charge on any atom is -0.460 e. The van der Waals surface area contributed by atoms with Crippen molar-refractivity contribution in [2.24, 2.45) is 0 Å². The SMILES string of the molecule is C[N+](C)(C)CCOC(=O)CCCCC1CCSS1.Cc1ccc(S(=O)(=O)O)cc1. The smallest absolute Gasteiger partial charge is 0.305 e. The molecule has 2 rings (SSSR count). The maximum absolute atomic E-state index is 11.5. The summed E-state index contributed by atoms with van der Waals surface area (Å²) in [6, 6.07) is 5.99. The second-order valence-electron chi connectivity index (χ2n) is 8.10. The molecule has 0 aromatic heterocycles. The monoisotopic (exact) mass is 464 g/mol. The van der Waals surface area contributed by atoms with Crippen molar-refractivity contribution in [3.63, 3.8) is 0 Å². The number of nitrogens with zero attached hydrogens (tertiary/aromatic N) is 1. The van der Waals surface area contributed by atoms with Gasteiger partial charge in [0.25, 0.3) is 10.1 Å². The number of hydrogen-bond acceptors (Lipinski definition) is 6. The molecule has 6 nitrogen and oxygen atoms in total. The predicted molar refractivity (Wildman–Crippen MR) is 122 cm³/mol. The summed E-state index contributed by atoms with van der Waals surface area (Å²) >= 11 is 0. The van der Waals surface area contributed by atoms with Crippen LogP contribution in [-0.2, 0) is 19.6 Å². The third-order valence-corrected chi connectivity index (χ3v) is 8.10. The van der Waals surface area contributed by atoms with Gasteiger partial charge < -0.3 is 9.22 Å². The van der Waals surface area contributed by atoms with Gasteiger partial charge in [-0.2, -0.15) is 8.42 Å². The highest BCUT2D eigenvalue weighted by atomic mass is 33.1. The number of carbonyl (C=O) groups is 1. The first kappa shape index (κ1) is 26.3. The Morgan fingerprint density at radius 3 is 2.38 bits per heavy atom. The second-order valence-corrected chi connectivity index (χ2v) is 12.3. The Hall–Kier alpha value is -0.740. The topological polar surface area (TPSA) is 80.7 Å². The van der Waals surface area contributed by atoms with Crippen molar-refractivity contribution in [2.45, 2.75) is 49.2 Å². The van der Waals surface area contributed by atoms with Crippen LogP contribution in [0.3, 0.4) is 0 Å². The number of hydrogen-bond donors (Lipinski definition) is 1. The molecule has 1 N–H and O–H groups in total. The molecule has 0 amide bonds. The summed E-state index contributed by atoms with van der Waals surface area (Å²) in [6.45, 7) is 3.26. The Morgan fingerprint density at radius 2 is 1.86 bits per heavy atom. The van der Waals surface area contributed by atoms with Crippen molar-refractivity contribution >= 4 is 37.7 Å². The van der Waals surface area contributed by atoms with Crippen molar-refractivity contribution in [1.29, 1.82) is 0 Å². The number of esters is 1. The molecule has 1 fully saturated rings. The van der Waals surface area contributed by atoms with E-state index >= 15 is 0 Å². The molecular weight excluding hydrogens is 430 g/mol. The Labute approximate surface area is 183 Å². The first-order chi connectivity index (χ1) is 13.5. The molecule has 1 aromatic carbocycles. The van der Waals surface area contributed by atoms with E-state index in [1.165, 1.54) is 30.7 Å². The second kappa shape index (κ2) is 12.8. The van der Waals surface area contributed by atoms with Crippen molar-refractivity contribution in [3.05, 3.63) is 29.8 Å². The maximum atomic E-state index is 11.5. The van der Waals surface area contributed by atoms with Crippen molar-refractivity contribution in [2.75, 3.05) is 40.0 Å². The summed E-state index contributed by atoms with van der Waals surface area (Å²) in [4.78, 5) is 11.4. The normalized spacial score (nSPS) is 16.8. The fourth-order valence-corrected chi connectivity index (χ4v) is 5.93. The van der Waals surface area contributed by atoms with Crippen molar-refractivity contribution < 1.29 is 27.0 Å². The molecule has 29 heavy (non-hydrogen) atoms. The Kier molecular flexibility index (Phi) is 11.6. The van der Waals surface area contributed by atoms with E-state index in [-0.39, 0.29) is 10.9 Å². The van der Waals surface area contributed by atoms with Crippen LogP contribution < -0.4 is 0 Å². The van der Waals surface area contributed by atoms with Gasteiger partial charge in [0.05, 0.1) is 26.0 Å². The highest BCUT2D eigenvalue weighted by Crippen LogP contribution is 2.39. The van der Waals surface area contributed by atoms with E-state index in [4.69, 9.17) is 9.29 Å². The highest BCUT2D eigenvalue weighted by molar-refractivity contribution is 8.77. The minimum absolute atomic E-state index is 0.0306. The van der Waals surface area contributed by atoms with E-state index in [9.17, 15) is 13.2 Å². The number of rotatable bonds is 9. The van der Waals surface area contributed by atoms with E-state index in [0.717, 1.165) is 34.7 Å². The molecule has 1 saturated heterocycles. The van der Waals surface area contributed by atoms with Crippen LogP contribution in [0.5, 0.6) is 0 Å². The largest absolute Gasteiger partial charge is 0.460 e. The fraction of sp³-hybridized carbons (Fsp3) is 0.650. The molecule has 1 heterocycles. The highest BCUT2D eigenvalue weighted by Gasteiger charge is 2.16. The van der Waals surface area contributed by atoms with Crippen LogP contribution in [0.2, 0.25) is 0 Å². The summed E-state index contributed by atoms with van der Waals surface area (Å²) < 4.78 is 35.6. The molecule has 1 unspecified atom stereocenters. The van der Waals surface area contributed by atoms with Gasteiger partial charge in [0.15, 0.2) is 0 Å². The van der Waals surface area contributed by atoms with Gasteiger partial charge in [0.1, 0.15) is 13.2 Å². The number of quaternary nitrogens is 1. The average molecular weight is 465 g/mol. The van der Waals surface area contributed by atoms with Crippen LogP contribution in [0.15, 0.2) is 29.2 Å². The molecule has 0 radical (unpaired) electrons. The molecule has 1 aliphatic heterocycles. The van der Waals surface area contributed by atoms with Crippen LogP contribution in [0.4, 0.5) is 0 Å². The molecule has 0 spiro atoms. The van der Waals surface area contributed by atoms with Crippen LogP contribution in [0, 0.1) is 6.92 Å². The van der Waals surface area contributed by atoms with E-state index < -0.39 is 10.1 Å². The molecular formula is C20H34NO5S3+. The molecule has 0 saturated carbocycles. The van der Waals surface area contributed by atoms with Gasteiger partial charge in [0.2, 0.25) is 0 Å². The lowest BCUT2D eigenvalue weighted by atomic mass is 10.1. The van der Waals surface area contributed by atoms with E-state index in [2.05, 4.69) is 21.1 Å². The fourth-order valence-electron chi connectivity index (χ4n) is 2.42. The number of carbonyl (C=O) groups excluding carboxylic acids is 1. The first-order valence-corrected chi connectivity index (χ1v) is 13.6. The molecule has 166 valence electrons. The quantitative estimate of drug-likeness (QED) is 0.193. The zero-order chi connectivity index (χ0) is 21.9. The molecule has 1 atom stereocenters. The van der Waals surface area contributed by atoms with E-state index in [1.54, 1.807) is 12.1 Å². The van der Waals surface area contributed by atoms with Crippen LogP contribution in [0.1, 0.15) is 37.7 Å². The van der Waals surface area contributed by atoms with Gasteiger partial charge >= 0.3 is 5.97 Å². The average Bonchev–Trinajstić information content (AvgIpc) is 3.11. The molecule has 1 aromatic rings. The van der Waals surface area contributed by atoms with Gasteiger partial charge in [-0.3, -0.25) is 9.35 Å². The Morgan fingerprint density at radius 1 is 1.21 bits per heavy atom. The summed E-state index contributed by atoms with van der Waals surface area (Å²) in [6.07, 6.45) is 5.31. The zero-order valence-corrected chi connectivity index (χ0v) is 20.2. The number of aryl methyl sites for hydroxylation is 1. The standard InChI is InChI=1S/C13H26NO2S2.C7H8O3S/c1-14(2,3)9-10-16-13(15)7-5-4-6-12-8-11-17-18-12;1-6-2-4-7(5-3-6)11(8,9)10/h12H,4-11H2,1-3H3;2-5H,1H3,(H,8,9,10)/q+1;. The van der Waals surface area contributed by atoms with Crippen molar-refractivity contribution in [3.8, 4) is 0 Å². The Bertz CT molecular complexity index is 709. The molecule has 1 aliphatic rings. The maximum Gasteiger partial charge on any atom is 0.305 e. The van der Waals surface area contributed by atoms with Gasteiger partial charge in [0, 0.05) is 17.4 Å². The predicted octanol–water partition coefficient (Wildman–Crippen LogP) is 4.19. The lowest BCUT2D eigenvalue weighted by Crippen LogP contribution is -2.38.